The van der Waals surface area contributed by atoms with Crippen molar-refractivity contribution in [1.82, 2.24) is 0 Å². The zero-order valence-corrected chi connectivity index (χ0v) is 11.5. The maximum absolute atomic E-state index is 3.42. The molecule has 1 aliphatic rings. The Morgan fingerprint density at radius 2 is 2.00 bits per heavy atom. The van der Waals surface area contributed by atoms with Crippen molar-refractivity contribution in [1.29, 1.82) is 0 Å². The number of allylic oxidation sites excluding steroid dienone is 4. The summed E-state index contributed by atoms with van der Waals surface area (Å²) in [6.07, 6.45) is 9.64. The number of hydrogen-bond donors (Lipinski definition) is 0. The van der Waals surface area contributed by atoms with Crippen molar-refractivity contribution in [3.8, 4) is 0 Å². The fourth-order valence-corrected chi connectivity index (χ4v) is 1.77. The van der Waals surface area contributed by atoms with Gasteiger partial charge in [-0.25, -0.2) is 5.57 Å². The van der Waals surface area contributed by atoms with Gasteiger partial charge in [-0.3, -0.25) is 6.08 Å². The van der Waals surface area contributed by atoms with Crippen LogP contribution in [0.4, 0.5) is 0 Å². The molecule has 0 fully saturated rings. The van der Waals surface area contributed by atoms with Crippen LogP contribution in [-0.4, -0.2) is 0 Å². The number of hydrogen-bond acceptors (Lipinski definition) is 0. The van der Waals surface area contributed by atoms with Crippen molar-refractivity contribution < 1.29 is 26.2 Å². The quantitative estimate of drug-likeness (QED) is 0.664. The van der Waals surface area contributed by atoms with Crippen LogP contribution in [0.1, 0.15) is 52.9 Å². The molecule has 1 aliphatic carbocycles. The summed E-state index contributed by atoms with van der Waals surface area (Å²) in [7, 11) is 0. The summed E-state index contributed by atoms with van der Waals surface area (Å²) < 4.78 is 0. The fraction of sp³-hybridized carbons (Fsp3) is 0.667. The van der Waals surface area contributed by atoms with Crippen LogP contribution >= 0.6 is 0 Å². The van der Waals surface area contributed by atoms with Gasteiger partial charge < -0.3 is 0 Å². The summed E-state index contributed by atoms with van der Waals surface area (Å²) in [5.41, 5.74) is 4.65. The molecule has 0 atom stereocenters. The van der Waals surface area contributed by atoms with Crippen LogP contribution in [0, 0.1) is 6.08 Å². The summed E-state index contributed by atoms with van der Waals surface area (Å²) in [5, 5.41) is 0. The van der Waals surface area contributed by atoms with Crippen LogP contribution in [0.15, 0.2) is 16.7 Å². The second kappa shape index (κ2) is 6.76. The number of rotatable bonds is 4. The first-order chi connectivity index (χ1) is 5.79. The first-order valence-corrected chi connectivity index (χ1v) is 5.08. The molecule has 0 nitrogen and oxygen atoms in total. The van der Waals surface area contributed by atoms with Crippen LogP contribution in [0.3, 0.4) is 0 Å². The van der Waals surface area contributed by atoms with E-state index < -0.39 is 0 Å². The first kappa shape index (κ1) is 13.4. The topological polar surface area (TPSA) is 0 Å². The first-order valence-electron chi connectivity index (χ1n) is 5.08. The molecule has 0 aromatic carbocycles. The zero-order chi connectivity index (χ0) is 8.97. The van der Waals surface area contributed by atoms with Crippen molar-refractivity contribution >= 4 is 0 Å². The molecule has 0 saturated carbocycles. The van der Waals surface area contributed by atoms with E-state index in [-0.39, 0.29) is 26.2 Å². The van der Waals surface area contributed by atoms with Crippen LogP contribution in [0.2, 0.25) is 0 Å². The van der Waals surface area contributed by atoms with Crippen LogP contribution in [0.25, 0.3) is 0 Å². The molecule has 0 aromatic rings. The van der Waals surface area contributed by atoms with Crippen molar-refractivity contribution in [3.05, 3.63) is 22.8 Å². The molecule has 0 N–H and O–H groups in total. The van der Waals surface area contributed by atoms with Gasteiger partial charge in [-0.2, -0.15) is 11.1 Å². The Bertz CT molecular complexity index is 211. The molecule has 1 rings (SSSR count). The average molecular weight is 255 g/mol. The van der Waals surface area contributed by atoms with Crippen molar-refractivity contribution in [2.45, 2.75) is 52.9 Å². The van der Waals surface area contributed by atoms with Gasteiger partial charge in [0, 0.05) is 26.2 Å². The molecule has 0 saturated heterocycles. The molecule has 0 amide bonds. The normalized spacial score (nSPS) is 15.8. The predicted molar refractivity (Wildman–Crippen MR) is 53.9 cm³/mol. The summed E-state index contributed by atoms with van der Waals surface area (Å²) in [6.45, 7) is 6.71. The Balaban J connectivity index is 0.00000144. The molecule has 72 valence electrons. The Morgan fingerprint density at radius 3 is 2.54 bits per heavy atom. The van der Waals surface area contributed by atoms with Gasteiger partial charge in [0.15, 0.2) is 0 Å². The molecule has 0 aromatic heterocycles. The van der Waals surface area contributed by atoms with Crippen molar-refractivity contribution in [2.75, 3.05) is 0 Å². The van der Waals surface area contributed by atoms with E-state index in [1.807, 2.05) is 0 Å². The molecule has 13 heavy (non-hydrogen) atoms. The van der Waals surface area contributed by atoms with E-state index in [9.17, 15) is 0 Å². The molecule has 0 unspecified atom stereocenters. The smallest absolute Gasteiger partial charge is 0 e. The maximum Gasteiger partial charge on any atom is 0 e. The van der Waals surface area contributed by atoms with E-state index in [2.05, 4.69) is 26.8 Å². The third-order valence-corrected chi connectivity index (χ3v) is 2.65. The van der Waals surface area contributed by atoms with E-state index in [1.54, 1.807) is 11.1 Å². The van der Waals surface area contributed by atoms with Crippen LogP contribution in [0.5, 0.6) is 0 Å². The van der Waals surface area contributed by atoms with Gasteiger partial charge in [0.2, 0.25) is 0 Å². The minimum Gasteiger partial charge on any atom is -0.269 e. The Hall–Kier alpha value is 0.363. The molecule has 1 heteroatoms. The van der Waals surface area contributed by atoms with Gasteiger partial charge in [-0.15, -0.1) is 6.42 Å². The molecule has 0 spiro atoms. The average Bonchev–Trinajstić information content (AvgIpc) is 2.43. The van der Waals surface area contributed by atoms with Gasteiger partial charge in [-0.1, -0.05) is 46.5 Å². The van der Waals surface area contributed by atoms with Gasteiger partial charge in [0.25, 0.3) is 0 Å². The SMILES string of the molecule is CCCCC1=C(CC)C[C-]=C1C.[Zr]. The molecule has 0 aliphatic heterocycles. The largest absolute Gasteiger partial charge is 0.269 e. The van der Waals surface area contributed by atoms with Gasteiger partial charge in [0.05, 0.1) is 0 Å². The van der Waals surface area contributed by atoms with Crippen LogP contribution in [-0.2, 0) is 26.2 Å². The fourth-order valence-electron chi connectivity index (χ4n) is 1.77. The van der Waals surface area contributed by atoms with Gasteiger partial charge in [-0.05, 0) is 0 Å². The van der Waals surface area contributed by atoms with E-state index >= 15 is 0 Å². The number of unbranched alkanes of at least 4 members (excludes halogenated alkanes) is 1. The Morgan fingerprint density at radius 1 is 1.31 bits per heavy atom. The second-order valence-electron chi connectivity index (χ2n) is 3.52. The summed E-state index contributed by atoms with van der Waals surface area (Å²) >= 11 is 0. The van der Waals surface area contributed by atoms with Crippen molar-refractivity contribution in [2.24, 2.45) is 0 Å². The van der Waals surface area contributed by atoms with E-state index in [4.69, 9.17) is 0 Å². The third-order valence-electron chi connectivity index (χ3n) is 2.65. The molecular formula is C12H19Zr-. The predicted octanol–water partition coefficient (Wildman–Crippen LogP) is 4.03. The zero-order valence-electron chi connectivity index (χ0n) is 9.04. The monoisotopic (exact) mass is 253 g/mol. The Kier molecular flexibility index (Phi) is 6.95. The Labute approximate surface area is 102 Å². The van der Waals surface area contributed by atoms with E-state index in [1.165, 1.54) is 31.3 Å². The minimum atomic E-state index is 0. The molecule has 0 heterocycles. The van der Waals surface area contributed by atoms with E-state index in [0.29, 0.717) is 0 Å². The summed E-state index contributed by atoms with van der Waals surface area (Å²) in [4.78, 5) is 0. The van der Waals surface area contributed by atoms with Crippen LogP contribution < -0.4 is 0 Å². The van der Waals surface area contributed by atoms with E-state index in [0.717, 1.165) is 6.42 Å². The minimum absolute atomic E-state index is 0. The summed E-state index contributed by atoms with van der Waals surface area (Å²) in [6, 6.07) is 0. The van der Waals surface area contributed by atoms with Gasteiger partial charge >= 0.3 is 0 Å². The van der Waals surface area contributed by atoms with Gasteiger partial charge in [0.1, 0.15) is 0 Å². The summed E-state index contributed by atoms with van der Waals surface area (Å²) in [5.74, 6) is 0. The maximum atomic E-state index is 3.42. The second-order valence-corrected chi connectivity index (χ2v) is 3.52. The standard InChI is InChI=1S/C12H19.Zr/c1-4-6-7-12-10(3)8-9-11(12)5-2;/h4-7,9H2,1-3H3;/q-1;. The molecule has 0 bridgehead atoms. The van der Waals surface area contributed by atoms with Crippen molar-refractivity contribution in [3.63, 3.8) is 0 Å². The third kappa shape index (κ3) is 3.54. The molecular weight excluding hydrogens is 235 g/mol. The molecule has 0 radical (unpaired) electrons.